The van der Waals surface area contributed by atoms with Crippen molar-refractivity contribution in [2.24, 2.45) is 4.99 Å². The molecule has 0 atom stereocenters. The van der Waals surface area contributed by atoms with E-state index in [1.807, 2.05) is 6.92 Å². The molecule has 0 fully saturated rings. The first-order valence-corrected chi connectivity index (χ1v) is 10.7. The molecule has 1 N–H and O–H groups in total. The number of esters is 2. The number of aliphatic imine (C=N–C) groups is 1. The highest BCUT2D eigenvalue weighted by Crippen LogP contribution is 2.24. The largest absolute Gasteiger partial charge is 0.497 e. The highest BCUT2D eigenvalue weighted by Gasteiger charge is 2.20. The number of benzene rings is 2. The summed E-state index contributed by atoms with van der Waals surface area (Å²) in [5, 5.41) is 3.18. The van der Waals surface area contributed by atoms with Crippen LogP contribution in [0.4, 0.5) is 5.69 Å². The first-order valence-electron chi connectivity index (χ1n) is 10.7. The van der Waals surface area contributed by atoms with Gasteiger partial charge in [0.1, 0.15) is 5.75 Å². The quantitative estimate of drug-likeness (QED) is 0.400. The minimum Gasteiger partial charge on any atom is -0.497 e. The van der Waals surface area contributed by atoms with Crippen LogP contribution in [-0.2, 0) is 15.9 Å². The predicted octanol–water partition coefficient (Wildman–Crippen LogP) is 3.84. The first-order chi connectivity index (χ1) is 16.3. The first kappa shape index (κ1) is 24.5. The van der Waals surface area contributed by atoms with E-state index in [2.05, 4.69) is 10.1 Å². The Labute approximate surface area is 197 Å². The number of nitrogens with one attached hydrogen (secondary N) is 1. The summed E-state index contributed by atoms with van der Waals surface area (Å²) in [6, 6.07) is 11.4. The van der Waals surface area contributed by atoms with Gasteiger partial charge < -0.3 is 14.2 Å². The Kier molecular flexibility index (Phi) is 7.68. The van der Waals surface area contributed by atoms with Crippen LogP contribution in [-0.4, -0.2) is 48.8 Å². The number of ether oxygens (including phenoxy) is 3. The minimum atomic E-state index is -0.610. The summed E-state index contributed by atoms with van der Waals surface area (Å²) in [4.78, 5) is 42.3. The van der Waals surface area contributed by atoms with Crippen molar-refractivity contribution in [3.8, 4) is 11.4 Å². The van der Waals surface area contributed by atoms with Gasteiger partial charge >= 0.3 is 11.9 Å². The van der Waals surface area contributed by atoms with Gasteiger partial charge in [0, 0.05) is 5.69 Å². The highest BCUT2D eigenvalue weighted by molar-refractivity contribution is 6.04. The van der Waals surface area contributed by atoms with Gasteiger partial charge in [-0.2, -0.15) is 0 Å². The molecule has 178 valence electrons. The van der Waals surface area contributed by atoms with Crippen molar-refractivity contribution in [1.82, 2.24) is 9.78 Å². The Hall–Kier alpha value is -4.14. The van der Waals surface area contributed by atoms with E-state index in [0.29, 0.717) is 34.8 Å². The normalized spacial score (nSPS) is 11.3. The number of hydrogen-bond donors (Lipinski definition) is 1. The van der Waals surface area contributed by atoms with Crippen LogP contribution in [0, 0.1) is 0 Å². The van der Waals surface area contributed by atoms with E-state index in [1.165, 1.54) is 37.1 Å². The summed E-state index contributed by atoms with van der Waals surface area (Å²) >= 11 is 0. The van der Waals surface area contributed by atoms with Crippen LogP contribution >= 0.6 is 0 Å². The Balaban J connectivity index is 2.16. The van der Waals surface area contributed by atoms with Crippen molar-refractivity contribution in [1.29, 1.82) is 0 Å². The molecule has 0 aliphatic heterocycles. The van der Waals surface area contributed by atoms with E-state index in [9.17, 15) is 14.4 Å². The molecule has 34 heavy (non-hydrogen) atoms. The molecule has 3 aromatic rings. The predicted molar refractivity (Wildman–Crippen MR) is 128 cm³/mol. The van der Waals surface area contributed by atoms with Crippen LogP contribution in [0.5, 0.6) is 5.75 Å². The molecule has 0 radical (unpaired) electrons. The number of H-pyrrole nitrogens is 1. The zero-order chi connectivity index (χ0) is 24.8. The van der Waals surface area contributed by atoms with Crippen LogP contribution in [0.25, 0.3) is 5.69 Å². The molecule has 0 saturated heterocycles. The third kappa shape index (κ3) is 4.93. The number of nitrogens with zero attached hydrogens (tertiary/aromatic N) is 2. The van der Waals surface area contributed by atoms with Crippen LogP contribution in [0.2, 0.25) is 0 Å². The van der Waals surface area contributed by atoms with Gasteiger partial charge in [0.2, 0.25) is 0 Å². The zero-order valence-electron chi connectivity index (χ0n) is 19.8. The molecule has 9 heteroatoms. The number of methoxy groups -OCH3 is 3. The fourth-order valence-corrected chi connectivity index (χ4v) is 3.59. The summed E-state index contributed by atoms with van der Waals surface area (Å²) in [6.07, 6.45) is 1.42. The maximum atomic E-state index is 13.4. The van der Waals surface area contributed by atoms with Crippen molar-refractivity contribution in [2.45, 2.75) is 26.7 Å². The van der Waals surface area contributed by atoms with Crippen LogP contribution in [0.1, 0.15) is 52.2 Å². The highest BCUT2D eigenvalue weighted by atomic mass is 16.5. The maximum Gasteiger partial charge on any atom is 0.340 e. The monoisotopic (exact) mass is 465 g/mol. The fourth-order valence-electron chi connectivity index (χ4n) is 3.59. The van der Waals surface area contributed by atoms with Crippen LogP contribution < -0.4 is 10.3 Å². The SMILES string of the molecule is CCCc1[nH]n(-c2ccc(OC)cc2)c(=O)c1C(C)=Nc1cc(C(=O)OC)ccc1C(=O)OC. The van der Waals surface area contributed by atoms with E-state index in [4.69, 9.17) is 14.2 Å². The number of aromatic amines is 1. The van der Waals surface area contributed by atoms with Crippen molar-refractivity contribution < 1.29 is 23.8 Å². The van der Waals surface area contributed by atoms with Gasteiger partial charge in [0.05, 0.1) is 55.1 Å². The lowest BCUT2D eigenvalue weighted by molar-refractivity contribution is 0.0587. The average molecular weight is 466 g/mol. The lowest BCUT2D eigenvalue weighted by Crippen LogP contribution is -2.19. The lowest BCUT2D eigenvalue weighted by atomic mass is 10.1. The van der Waals surface area contributed by atoms with E-state index in [0.717, 1.165) is 6.42 Å². The molecular formula is C25H27N3O6. The number of carbonyl (C=O) groups excluding carboxylic acids is 2. The second kappa shape index (κ2) is 10.7. The molecule has 9 nitrogen and oxygen atoms in total. The van der Waals surface area contributed by atoms with Gasteiger partial charge in [0.15, 0.2) is 0 Å². The number of aryl methyl sites for hydroxylation is 1. The van der Waals surface area contributed by atoms with Crippen LogP contribution in [0.15, 0.2) is 52.3 Å². The van der Waals surface area contributed by atoms with E-state index < -0.39 is 11.9 Å². The van der Waals surface area contributed by atoms with Gasteiger partial charge in [-0.15, -0.1) is 0 Å². The second-order valence-corrected chi connectivity index (χ2v) is 7.47. The fraction of sp³-hybridized carbons (Fsp3) is 0.280. The molecule has 1 heterocycles. The number of aromatic nitrogens is 2. The molecule has 1 aromatic heterocycles. The summed E-state index contributed by atoms with van der Waals surface area (Å²) in [7, 11) is 4.10. The number of rotatable bonds is 8. The maximum absolute atomic E-state index is 13.4. The molecule has 2 aromatic carbocycles. The minimum absolute atomic E-state index is 0.164. The smallest absolute Gasteiger partial charge is 0.340 e. The standard InChI is InChI=1S/C25H27N3O6/c1-6-7-20-22(23(29)28(27-20)17-9-11-18(32-3)12-10-17)15(2)26-21-14-16(24(30)33-4)8-13-19(21)25(31)34-5/h8-14,27H,6-7H2,1-5H3. The molecular weight excluding hydrogens is 438 g/mol. The summed E-state index contributed by atoms with van der Waals surface area (Å²) in [5.41, 5.74) is 2.46. The zero-order valence-corrected chi connectivity index (χ0v) is 19.8. The molecule has 0 spiro atoms. The second-order valence-electron chi connectivity index (χ2n) is 7.47. The number of hydrogen-bond acceptors (Lipinski definition) is 7. The van der Waals surface area contributed by atoms with Gasteiger partial charge in [-0.3, -0.25) is 14.9 Å². The van der Waals surface area contributed by atoms with Gasteiger partial charge in [-0.25, -0.2) is 14.3 Å². The molecule has 0 unspecified atom stereocenters. The Bertz CT molecular complexity index is 1280. The van der Waals surface area contributed by atoms with Crippen molar-refractivity contribution in [3.63, 3.8) is 0 Å². The van der Waals surface area contributed by atoms with Gasteiger partial charge in [0.25, 0.3) is 5.56 Å². The van der Waals surface area contributed by atoms with E-state index in [1.54, 1.807) is 38.3 Å². The lowest BCUT2D eigenvalue weighted by Gasteiger charge is -2.08. The molecule has 0 aliphatic carbocycles. The number of carbonyl (C=O) groups is 2. The van der Waals surface area contributed by atoms with Gasteiger partial charge in [-0.1, -0.05) is 13.3 Å². The molecule has 0 saturated carbocycles. The molecule has 0 amide bonds. The summed E-state index contributed by atoms with van der Waals surface area (Å²) in [5.74, 6) is -0.502. The topological polar surface area (TPSA) is 112 Å². The van der Waals surface area contributed by atoms with Crippen molar-refractivity contribution >= 4 is 23.3 Å². The van der Waals surface area contributed by atoms with Gasteiger partial charge in [-0.05, 0) is 55.8 Å². The average Bonchev–Trinajstić information content (AvgIpc) is 3.18. The third-order valence-corrected chi connectivity index (χ3v) is 5.27. The van der Waals surface area contributed by atoms with Crippen molar-refractivity contribution in [3.05, 3.63) is 75.2 Å². The Morgan fingerprint density at radius 3 is 2.26 bits per heavy atom. The third-order valence-electron chi connectivity index (χ3n) is 5.27. The van der Waals surface area contributed by atoms with Crippen LogP contribution in [0.3, 0.4) is 0 Å². The molecule has 0 bridgehead atoms. The Morgan fingerprint density at radius 2 is 1.68 bits per heavy atom. The molecule has 3 rings (SSSR count). The van der Waals surface area contributed by atoms with E-state index >= 15 is 0 Å². The van der Waals surface area contributed by atoms with E-state index in [-0.39, 0.29) is 22.4 Å². The molecule has 0 aliphatic rings. The summed E-state index contributed by atoms with van der Waals surface area (Å²) in [6.45, 7) is 3.70. The Morgan fingerprint density at radius 1 is 1.00 bits per heavy atom. The summed E-state index contributed by atoms with van der Waals surface area (Å²) < 4.78 is 16.3. The van der Waals surface area contributed by atoms with Crippen molar-refractivity contribution in [2.75, 3.05) is 21.3 Å².